The third-order valence-corrected chi connectivity index (χ3v) is 8.49. The fraction of sp³-hybridized carbons (Fsp3) is 0.586. The number of hydrogen-bond donors (Lipinski definition) is 2. The molecule has 32 heavy (non-hydrogen) atoms. The lowest BCUT2D eigenvalue weighted by Crippen LogP contribution is -2.26. The van der Waals surface area contributed by atoms with Crippen molar-refractivity contribution in [1.82, 2.24) is 5.32 Å². The highest BCUT2D eigenvalue weighted by Crippen LogP contribution is 2.51. The zero-order valence-corrected chi connectivity index (χ0v) is 23.2. The van der Waals surface area contributed by atoms with Crippen LogP contribution in [0.25, 0.3) is 0 Å². The number of benzene rings is 2. The highest BCUT2D eigenvalue weighted by molar-refractivity contribution is 7.48. The zero-order valence-electron chi connectivity index (χ0n) is 22.2. The molecular formula is C29H46NOP. The summed E-state index contributed by atoms with van der Waals surface area (Å²) in [6, 6.07) is 11.2. The summed E-state index contributed by atoms with van der Waals surface area (Å²) in [5.74, 6) is 0.496. The molecular weight excluding hydrogens is 409 g/mol. The third kappa shape index (κ3) is 6.15. The smallest absolute Gasteiger partial charge is 0.123 e. The number of aromatic hydroxyl groups is 1. The Bertz CT molecular complexity index is 920. The van der Waals surface area contributed by atoms with E-state index in [4.69, 9.17) is 0 Å². The van der Waals surface area contributed by atoms with E-state index in [9.17, 15) is 5.11 Å². The van der Waals surface area contributed by atoms with E-state index in [0.717, 1.165) is 37.1 Å². The van der Waals surface area contributed by atoms with Gasteiger partial charge in [-0.25, -0.2) is 0 Å². The van der Waals surface area contributed by atoms with Crippen LogP contribution >= 0.6 is 8.58 Å². The molecule has 2 aromatic rings. The molecule has 2 N–H and O–H groups in total. The minimum atomic E-state index is -0.118. The maximum absolute atomic E-state index is 11.6. The van der Waals surface area contributed by atoms with Gasteiger partial charge in [-0.1, -0.05) is 108 Å². The van der Waals surface area contributed by atoms with Crippen LogP contribution in [0.15, 0.2) is 30.3 Å². The fourth-order valence-corrected chi connectivity index (χ4v) is 6.28. The van der Waals surface area contributed by atoms with Gasteiger partial charge in [0.2, 0.25) is 0 Å². The van der Waals surface area contributed by atoms with Crippen molar-refractivity contribution in [3.63, 3.8) is 0 Å². The van der Waals surface area contributed by atoms with Gasteiger partial charge in [-0.15, -0.1) is 0 Å². The van der Waals surface area contributed by atoms with Gasteiger partial charge in [0.15, 0.2) is 0 Å². The second kappa shape index (κ2) is 10.3. The number of nitrogens with one attached hydrogen (secondary N) is 1. The Balaban J connectivity index is 2.74. The number of phenolic OH excluding ortho intramolecular Hbond substituents is 1. The Hall–Kier alpha value is -1.37. The summed E-state index contributed by atoms with van der Waals surface area (Å²) in [5, 5.41) is 16.5. The van der Waals surface area contributed by atoms with Crippen LogP contribution in [0, 0.1) is 6.92 Å². The molecule has 0 aliphatic rings. The van der Waals surface area contributed by atoms with Gasteiger partial charge in [0, 0.05) is 17.3 Å². The first-order chi connectivity index (χ1) is 14.7. The van der Waals surface area contributed by atoms with E-state index in [1.807, 2.05) is 0 Å². The number of hydrogen-bond acceptors (Lipinski definition) is 2. The molecule has 0 aliphatic carbocycles. The normalized spacial score (nSPS) is 14.8. The predicted molar refractivity (Wildman–Crippen MR) is 144 cm³/mol. The Labute approximate surface area is 199 Å². The molecule has 178 valence electrons. The summed E-state index contributed by atoms with van der Waals surface area (Å²) in [7, 11) is 0.598. The quantitative estimate of drug-likeness (QED) is 0.406. The molecule has 2 rings (SSSR count). The Kier molecular flexibility index (Phi) is 8.63. The highest BCUT2D eigenvalue weighted by atomic mass is 31.1. The van der Waals surface area contributed by atoms with Gasteiger partial charge in [-0.3, -0.25) is 0 Å². The van der Waals surface area contributed by atoms with E-state index in [2.05, 4.69) is 105 Å². The van der Waals surface area contributed by atoms with Crippen LogP contribution < -0.4 is 10.6 Å². The first-order valence-corrected chi connectivity index (χ1v) is 13.2. The van der Waals surface area contributed by atoms with Crippen LogP contribution in [0.4, 0.5) is 0 Å². The van der Waals surface area contributed by atoms with E-state index in [1.54, 1.807) is 0 Å². The molecule has 2 atom stereocenters. The van der Waals surface area contributed by atoms with Gasteiger partial charge in [0.25, 0.3) is 0 Å². The lowest BCUT2D eigenvalue weighted by molar-refractivity contribution is 0.426. The SMILES string of the molecule is CCCC(C)(Pc1c(C)cccc1CNCC)c1cc(C(C)(C)C)cc(C(C)(C)C)c1O. The van der Waals surface area contributed by atoms with Gasteiger partial charge in [0.1, 0.15) is 5.75 Å². The van der Waals surface area contributed by atoms with Crippen molar-refractivity contribution in [3.8, 4) is 5.75 Å². The maximum Gasteiger partial charge on any atom is 0.123 e. The molecule has 2 aromatic carbocycles. The van der Waals surface area contributed by atoms with Gasteiger partial charge in [-0.2, -0.15) is 0 Å². The summed E-state index contributed by atoms with van der Waals surface area (Å²) in [6.45, 7) is 24.3. The van der Waals surface area contributed by atoms with E-state index < -0.39 is 0 Å². The van der Waals surface area contributed by atoms with Gasteiger partial charge >= 0.3 is 0 Å². The van der Waals surface area contributed by atoms with Crippen molar-refractivity contribution in [2.75, 3.05) is 6.54 Å². The van der Waals surface area contributed by atoms with Crippen molar-refractivity contribution >= 4 is 13.9 Å². The lowest BCUT2D eigenvalue weighted by Gasteiger charge is -2.36. The minimum Gasteiger partial charge on any atom is -0.507 e. The predicted octanol–water partition coefficient (Wildman–Crippen LogP) is 7.42. The topological polar surface area (TPSA) is 32.3 Å². The average Bonchev–Trinajstić information content (AvgIpc) is 2.67. The fourth-order valence-electron chi connectivity index (χ4n) is 4.41. The third-order valence-electron chi connectivity index (χ3n) is 6.45. The maximum atomic E-state index is 11.6. The van der Waals surface area contributed by atoms with Gasteiger partial charge < -0.3 is 10.4 Å². The zero-order chi connectivity index (χ0) is 24.3. The summed E-state index contributed by atoms with van der Waals surface area (Å²) in [6.07, 6.45) is 2.13. The Morgan fingerprint density at radius 3 is 2.06 bits per heavy atom. The van der Waals surface area contributed by atoms with Crippen molar-refractivity contribution in [3.05, 3.63) is 58.1 Å². The molecule has 0 heterocycles. The lowest BCUT2D eigenvalue weighted by atomic mass is 9.77. The minimum absolute atomic E-state index is 0.0254. The first kappa shape index (κ1) is 26.9. The summed E-state index contributed by atoms with van der Waals surface area (Å²) < 4.78 is 0. The Morgan fingerprint density at radius 1 is 0.906 bits per heavy atom. The van der Waals surface area contributed by atoms with E-state index >= 15 is 0 Å². The van der Waals surface area contributed by atoms with Crippen LogP contribution in [-0.2, 0) is 22.5 Å². The second-order valence-corrected chi connectivity index (χ2v) is 13.4. The van der Waals surface area contributed by atoms with Crippen molar-refractivity contribution in [2.45, 2.75) is 105 Å². The second-order valence-electron chi connectivity index (χ2n) is 11.5. The molecule has 0 aromatic heterocycles. The van der Waals surface area contributed by atoms with Crippen LogP contribution in [0.5, 0.6) is 5.75 Å². The molecule has 3 heteroatoms. The Morgan fingerprint density at radius 2 is 1.53 bits per heavy atom. The van der Waals surface area contributed by atoms with Gasteiger partial charge in [-0.05, 0) is 58.3 Å². The molecule has 0 bridgehead atoms. The monoisotopic (exact) mass is 455 g/mol. The van der Waals surface area contributed by atoms with Crippen molar-refractivity contribution in [1.29, 1.82) is 0 Å². The molecule has 0 radical (unpaired) electrons. The molecule has 0 spiro atoms. The summed E-state index contributed by atoms with van der Waals surface area (Å²) >= 11 is 0. The highest BCUT2D eigenvalue weighted by Gasteiger charge is 2.34. The average molecular weight is 456 g/mol. The number of rotatable bonds is 8. The molecule has 0 aliphatic heterocycles. The van der Waals surface area contributed by atoms with Crippen LogP contribution in [0.2, 0.25) is 0 Å². The number of aryl methyl sites for hydroxylation is 1. The van der Waals surface area contributed by atoms with E-state index in [1.165, 1.54) is 22.0 Å². The first-order valence-electron chi connectivity index (χ1n) is 12.2. The van der Waals surface area contributed by atoms with Crippen molar-refractivity contribution < 1.29 is 5.11 Å². The molecule has 0 saturated carbocycles. The standard InChI is InChI=1S/C29H46NOP/c1-11-16-29(10,32-26-20(3)14-13-15-21(26)19-30-12-2)24-18-22(27(4,5)6)17-23(25(24)31)28(7,8)9/h13-15,17-18,30-32H,11-12,16,19H2,1-10H3. The van der Waals surface area contributed by atoms with Crippen LogP contribution in [0.1, 0.15) is 103 Å². The van der Waals surface area contributed by atoms with E-state index in [-0.39, 0.29) is 16.0 Å². The van der Waals surface area contributed by atoms with Crippen LogP contribution in [0.3, 0.4) is 0 Å². The summed E-state index contributed by atoms with van der Waals surface area (Å²) in [4.78, 5) is 0. The molecule has 0 fully saturated rings. The van der Waals surface area contributed by atoms with Crippen molar-refractivity contribution in [2.24, 2.45) is 0 Å². The summed E-state index contributed by atoms with van der Waals surface area (Å²) in [5.41, 5.74) is 6.13. The molecule has 2 nitrogen and oxygen atoms in total. The molecule has 2 unspecified atom stereocenters. The number of phenols is 1. The van der Waals surface area contributed by atoms with E-state index in [0.29, 0.717) is 14.3 Å². The van der Waals surface area contributed by atoms with Gasteiger partial charge in [0.05, 0.1) is 0 Å². The molecule has 0 saturated heterocycles. The largest absolute Gasteiger partial charge is 0.507 e. The van der Waals surface area contributed by atoms with Crippen LogP contribution in [-0.4, -0.2) is 11.7 Å². The molecule has 0 amide bonds.